The Hall–Kier alpha value is -1.56. The van der Waals surface area contributed by atoms with Gasteiger partial charge < -0.3 is 0 Å². The molecule has 0 aromatic rings. The second-order valence-corrected chi connectivity index (χ2v) is 58.9. The van der Waals surface area contributed by atoms with E-state index in [-0.39, 0.29) is 0 Å². The van der Waals surface area contributed by atoms with Crippen LogP contribution in [0.4, 0.5) is 0 Å². The Bertz CT molecular complexity index is 3010. The summed E-state index contributed by atoms with van der Waals surface area (Å²) in [5.41, 5.74) is 3.15. The summed E-state index contributed by atoms with van der Waals surface area (Å²) in [6.07, 6.45) is 137. The summed E-state index contributed by atoms with van der Waals surface area (Å²) in [7, 11) is 0. The van der Waals surface area contributed by atoms with Crippen LogP contribution in [-0.4, -0.2) is 0 Å². The van der Waals surface area contributed by atoms with Crippen LogP contribution in [0.1, 0.15) is 682 Å². The Morgan fingerprint density at radius 3 is 0.648 bits per heavy atom. The van der Waals surface area contributed by atoms with Crippen LogP contribution in [0.15, 0.2) is 72.9 Å². The van der Waals surface area contributed by atoms with Gasteiger partial charge >= 0.3 is 0 Å². The maximum atomic E-state index is 2.48. The van der Waals surface area contributed by atoms with Gasteiger partial charge in [0.25, 0.3) is 0 Å². The first-order chi connectivity index (χ1) is 67.6. The molecule has 0 heterocycles. The van der Waals surface area contributed by atoms with Crippen molar-refractivity contribution in [3.63, 3.8) is 0 Å². The third kappa shape index (κ3) is 86.9. The molecule has 0 amide bonds. The van der Waals surface area contributed by atoms with Crippen LogP contribution in [0, 0.1) is 151 Å². The van der Waals surface area contributed by atoms with Gasteiger partial charge in [0.05, 0.1) is 0 Å². The van der Waals surface area contributed by atoms with Crippen LogP contribution in [-0.2, 0) is 0 Å². The summed E-state index contributed by atoms with van der Waals surface area (Å²) >= 11 is 0. The first-order valence-electron chi connectivity index (χ1n) is 65.5. The minimum absolute atomic E-state index is 0.505. The van der Waals surface area contributed by atoms with E-state index in [4.69, 9.17) is 0 Å². The van der Waals surface area contributed by atoms with Gasteiger partial charge in [-0.1, -0.05) is 562 Å². The molecule has 8 saturated carbocycles. The molecule has 0 aromatic carbocycles. The largest absolute Gasteiger partial charge is 0.0885 e. The van der Waals surface area contributed by atoms with Crippen LogP contribution in [0.3, 0.4) is 0 Å². The van der Waals surface area contributed by atoms with Crippen LogP contribution in [0.2, 0.25) is 0 Å². The number of hydrogen-bond donors (Lipinski definition) is 0. The fraction of sp³-hybridized carbons (Fsp3) is 0.915. The van der Waals surface area contributed by atoms with Crippen molar-refractivity contribution in [2.24, 2.45) is 151 Å². The average Bonchev–Trinajstić information content (AvgIpc) is 1.63. The highest BCUT2D eigenvalue weighted by atomic mass is 14.6. The van der Waals surface area contributed by atoms with E-state index in [1.807, 2.05) is 0 Å². The zero-order valence-electron chi connectivity index (χ0n) is 103. The molecular weight excluding hydrogens is 1710 g/mol. The van der Waals surface area contributed by atoms with E-state index >= 15 is 0 Å². The van der Waals surface area contributed by atoms with Crippen molar-refractivity contribution in [2.75, 3.05) is 0 Å². The first kappa shape index (κ1) is 135. The van der Waals surface area contributed by atoms with E-state index in [1.54, 1.807) is 116 Å². The second-order valence-electron chi connectivity index (χ2n) is 58.9. The molecule has 0 N–H and O–H groups in total. The van der Waals surface area contributed by atoms with Crippen molar-refractivity contribution in [1.29, 1.82) is 0 Å². The first-order valence-corrected chi connectivity index (χ1v) is 65.5. The summed E-state index contributed by atoms with van der Waals surface area (Å²) in [6, 6.07) is 0. The van der Waals surface area contributed by atoms with Gasteiger partial charge in [0.2, 0.25) is 0 Å². The molecule has 142 heavy (non-hydrogen) atoms. The molecule has 0 heteroatoms. The molecule has 8 fully saturated rings. The molecule has 836 valence electrons. The third-order valence-corrected chi connectivity index (χ3v) is 35.3. The Labute approximate surface area is 899 Å². The quantitative estimate of drug-likeness (QED) is 0.0421. The second kappa shape index (κ2) is 80.3. The lowest BCUT2D eigenvalue weighted by Crippen LogP contribution is -2.08. The SMILES string of the molecule is CC(C)CCCC(C)CCCC(C)CCCC(C)CCC(C)(C)C.CC/C=C\C/C=C\C/C=C/CCCCCCCCC(C)(C)C.CCC1CC1CC1CC1CC1CC1CCCCCCCCC(C)(C)C.CCCCC/C=C/C/C=C/C/C=C/CCCCCC(C)(C)C.CCCCCC1CC1CC1CC1CC1CC1CCCCCC(C)(C)C.CCCCCC1CC1CC1CC1CCCCCCCCC(C)(C)C. The summed E-state index contributed by atoms with van der Waals surface area (Å²) in [5, 5.41) is 0. The molecule has 0 aromatic heterocycles. The van der Waals surface area contributed by atoms with Crippen molar-refractivity contribution >= 4 is 0 Å². The van der Waals surface area contributed by atoms with Gasteiger partial charge in [0, 0.05) is 0 Å². The Kier molecular flexibility index (Phi) is 76.1. The number of rotatable bonds is 80. The van der Waals surface area contributed by atoms with Gasteiger partial charge in [-0.05, 0) is 343 Å². The lowest BCUT2D eigenvalue weighted by Gasteiger charge is -2.21. The topological polar surface area (TPSA) is 0 Å². The minimum Gasteiger partial charge on any atom is -0.0885 e. The van der Waals surface area contributed by atoms with Gasteiger partial charge in [-0.15, -0.1) is 0 Å². The van der Waals surface area contributed by atoms with E-state index in [2.05, 4.69) is 267 Å². The van der Waals surface area contributed by atoms with Crippen molar-refractivity contribution < 1.29 is 0 Å². The predicted octanol–water partition coefficient (Wildman–Crippen LogP) is 49.8. The molecule has 19 unspecified atom stereocenters. The van der Waals surface area contributed by atoms with Crippen molar-refractivity contribution in [2.45, 2.75) is 682 Å². The van der Waals surface area contributed by atoms with Gasteiger partial charge in [-0.25, -0.2) is 0 Å². The lowest BCUT2D eigenvalue weighted by atomic mass is 9.85. The molecule has 8 aliphatic rings. The smallest absolute Gasteiger partial charge is 0.0169 e. The summed E-state index contributed by atoms with van der Waals surface area (Å²) in [4.78, 5) is 0. The van der Waals surface area contributed by atoms with Crippen LogP contribution < -0.4 is 0 Å². The molecule has 19 atom stereocenters. The maximum absolute atomic E-state index is 2.48. The zero-order chi connectivity index (χ0) is 105. The fourth-order valence-electron chi connectivity index (χ4n) is 24.1. The van der Waals surface area contributed by atoms with E-state index < -0.39 is 0 Å². The molecular formula is C142H268. The highest BCUT2D eigenvalue weighted by Crippen LogP contribution is 2.61. The van der Waals surface area contributed by atoms with E-state index in [1.165, 1.54) is 340 Å². The number of unbranched alkanes of at least 4 members (excludes halogenated alkanes) is 28. The van der Waals surface area contributed by atoms with E-state index in [9.17, 15) is 0 Å². The van der Waals surface area contributed by atoms with E-state index in [0.29, 0.717) is 32.5 Å². The maximum Gasteiger partial charge on any atom is -0.0169 e. The molecule has 0 aliphatic heterocycles. The van der Waals surface area contributed by atoms with Crippen LogP contribution in [0.5, 0.6) is 0 Å². The van der Waals surface area contributed by atoms with Gasteiger partial charge in [0.15, 0.2) is 0 Å². The Morgan fingerprint density at radius 2 is 0.380 bits per heavy atom. The summed E-state index contributed by atoms with van der Waals surface area (Å²) < 4.78 is 0. The molecule has 0 spiro atoms. The molecule has 8 aliphatic carbocycles. The van der Waals surface area contributed by atoms with E-state index in [0.717, 1.165) is 150 Å². The van der Waals surface area contributed by atoms with Crippen molar-refractivity contribution in [3.05, 3.63) is 72.9 Å². The van der Waals surface area contributed by atoms with Crippen LogP contribution >= 0.6 is 0 Å². The van der Waals surface area contributed by atoms with Crippen molar-refractivity contribution in [3.8, 4) is 0 Å². The molecule has 0 bridgehead atoms. The van der Waals surface area contributed by atoms with Gasteiger partial charge in [0.1, 0.15) is 0 Å². The lowest BCUT2D eigenvalue weighted by molar-refractivity contribution is 0.313. The normalized spacial score (nSPS) is 24.6. The van der Waals surface area contributed by atoms with Gasteiger partial charge in [-0.3, -0.25) is 0 Å². The molecule has 8 rings (SSSR count). The molecule has 0 radical (unpaired) electrons. The predicted molar refractivity (Wildman–Crippen MR) is 649 cm³/mol. The minimum atomic E-state index is 0.505. The standard InChI is InChI=1S/2C25H46.C24H46.C24H50.2C22H40/c1-5-19-14-21(19)16-23-18-24(23)17-22-15-20(22)12-10-8-6-7-9-11-13-25(2,3)4;1-5-6-8-11-19-14-21(19)16-23-18-24(23)17-22-15-20(22)12-9-7-10-13-25(2,3)4;1-5-6-11-14-20-17-22(20)19-23-18-21(23)15-12-9-7-8-10-13-16-24(2,3)4;1-20(2)12-9-13-21(3)14-10-15-22(4)16-11-17-23(5)18-19-24(6,7)8;2*1-5-6-7-8-9-10-11-12-13-14-15-16-17-18-19-20-21-22(2,3)4/h2*19-24H,5-18H2,1-4H3;20-23H,5-19H2,1-4H3;20-23H,9-19H2,1-8H3;9-10,12-13,15-16H,5-8,11,14,17-21H2,1-4H3;6-7,9-10,12-13H,5,8,11,14-21H2,1-4H3/b;;;;10-9+,13-12+,16-15+;7-6-,10-9-,13-12+. The molecule has 0 saturated heterocycles. The Morgan fingerprint density at radius 1 is 0.183 bits per heavy atom. The molecule has 0 nitrogen and oxygen atoms in total. The zero-order valence-corrected chi connectivity index (χ0v) is 103. The Balaban J connectivity index is 0.000000439. The third-order valence-electron chi connectivity index (χ3n) is 35.3. The monoisotopic (exact) mass is 1970 g/mol. The summed E-state index contributed by atoms with van der Waals surface area (Å²) in [5.74, 6) is 22.1. The average molecular weight is 1980 g/mol. The van der Waals surface area contributed by atoms with Gasteiger partial charge in [-0.2, -0.15) is 0 Å². The summed E-state index contributed by atoms with van der Waals surface area (Å²) in [6.45, 7) is 66.0. The van der Waals surface area contributed by atoms with Crippen LogP contribution in [0.25, 0.3) is 0 Å². The van der Waals surface area contributed by atoms with Crippen molar-refractivity contribution in [1.82, 2.24) is 0 Å². The number of allylic oxidation sites excluding steroid dienone is 12. The highest BCUT2D eigenvalue weighted by Gasteiger charge is 2.50. The fourth-order valence-corrected chi connectivity index (χ4v) is 24.1. The highest BCUT2D eigenvalue weighted by molar-refractivity contribution is 5.03. The number of hydrogen-bond acceptors (Lipinski definition) is 0.